The molecule has 1 fully saturated rings. The number of anilines is 1. The standard InChI is InChI=1S/C24H23N5O2S/c30-22(26-16-17-6-11-25-12-7-17)18-8-13-28(14-9-18)24-27-20-10-15-32-21(20)23(31)29(24)19-4-2-1-3-5-19/h1-7,10-12,15,18H,8-9,13-14,16H2,(H,26,30). The van der Waals surface area contributed by atoms with Gasteiger partial charge in [0.15, 0.2) is 0 Å². The number of hydrogen-bond donors (Lipinski definition) is 1. The molecule has 3 aromatic heterocycles. The third-order valence-corrected chi connectivity index (χ3v) is 6.73. The second-order valence-corrected chi connectivity index (χ2v) is 8.77. The molecule has 1 amide bonds. The zero-order valence-corrected chi connectivity index (χ0v) is 18.3. The third kappa shape index (κ3) is 4.01. The van der Waals surface area contributed by atoms with Crippen molar-refractivity contribution in [2.75, 3.05) is 18.0 Å². The summed E-state index contributed by atoms with van der Waals surface area (Å²) in [4.78, 5) is 36.9. The van der Waals surface area contributed by atoms with E-state index in [9.17, 15) is 9.59 Å². The topological polar surface area (TPSA) is 80.1 Å². The van der Waals surface area contributed by atoms with Gasteiger partial charge in [-0.2, -0.15) is 0 Å². The summed E-state index contributed by atoms with van der Waals surface area (Å²) in [7, 11) is 0. The number of nitrogens with one attached hydrogen (secondary N) is 1. The van der Waals surface area contributed by atoms with E-state index in [4.69, 9.17) is 4.98 Å². The van der Waals surface area contributed by atoms with Crippen LogP contribution in [-0.2, 0) is 11.3 Å². The summed E-state index contributed by atoms with van der Waals surface area (Å²) in [5, 5.41) is 4.94. The Morgan fingerprint density at radius 1 is 1.06 bits per heavy atom. The largest absolute Gasteiger partial charge is 0.352 e. The number of piperidine rings is 1. The average Bonchev–Trinajstić information content (AvgIpc) is 3.33. The van der Waals surface area contributed by atoms with Gasteiger partial charge in [0.1, 0.15) is 4.70 Å². The van der Waals surface area contributed by atoms with Crippen molar-refractivity contribution < 1.29 is 4.79 Å². The lowest BCUT2D eigenvalue weighted by Gasteiger charge is -2.33. The van der Waals surface area contributed by atoms with Gasteiger partial charge in [0, 0.05) is 37.9 Å². The van der Waals surface area contributed by atoms with Crippen LogP contribution in [-0.4, -0.2) is 33.5 Å². The van der Waals surface area contributed by atoms with Crippen LogP contribution in [0.4, 0.5) is 5.95 Å². The van der Waals surface area contributed by atoms with Crippen LogP contribution in [0.15, 0.2) is 71.1 Å². The molecular formula is C24H23N5O2S. The van der Waals surface area contributed by atoms with Gasteiger partial charge in [-0.1, -0.05) is 18.2 Å². The molecule has 7 nitrogen and oxygen atoms in total. The first kappa shape index (κ1) is 20.4. The van der Waals surface area contributed by atoms with Gasteiger partial charge in [0.25, 0.3) is 5.56 Å². The van der Waals surface area contributed by atoms with E-state index < -0.39 is 0 Å². The maximum atomic E-state index is 13.3. The Labute approximate surface area is 189 Å². The predicted molar refractivity (Wildman–Crippen MR) is 126 cm³/mol. The van der Waals surface area contributed by atoms with Crippen molar-refractivity contribution in [3.63, 3.8) is 0 Å². The number of benzene rings is 1. The monoisotopic (exact) mass is 445 g/mol. The quantitative estimate of drug-likeness (QED) is 0.509. The molecule has 0 unspecified atom stereocenters. The molecule has 0 aliphatic carbocycles. The fourth-order valence-electron chi connectivity index (χ4n) is 4.10. The summed E-state index contributed by atoms with van der Waals surface area (Å²) in [6.45, 7) is 1.84. The minimum absolute atomic E-state index is 0.0464. The summed E-state index contributed by atoms with van der Waals surface area (Å²) in [6.07, 6.45) is 4.89. The van der Waals surface area contributed by atoms with Gasteiger partial charge in [0.05, 0.1) is 11.2 Å². The Bertz CT molecular complexity index is 1280. The van der Waals surface area contributed by atoms with E-state index in [1.807, 2.05) is 53.9 Å². The van der Waals surface area contributed by atoms with E-state index in [2.05, 4.69) is 15.2 Å². The summed E-state index contributed by atoms with van der Waals surface area (Å²) in [5.41, 5.74) is 2.50. The van der Waals surface area contributed by atoms with Gasteiger partial charge < -0.3 is 10.2 Å². The summed E-state index contributed by atoms with van der Waals surface area (Å²) in [6, 6.07) is 15.3. The van der Waals surface area contributed by atoms with Crippen molar-refractivity contribution in [2.24, 2.45) is 5.92 Å². The highest BCUT2D eigenvalue weighted by Gasteiger charge is 2.28. The minimum Gasteiger partial charge on any atom is -0.352 e. The smallest absolute Gasteiger partial charge is 0.277 e. The summed E-state index contributed by atoms with van der Waals surface area (Å²) < 4.78 is 2.35. The van der Waals surface area contributed by atoms with Crippen LogP contribution < -0.4 is 15.8 Å². The third-order valence-electron chi connectivity index (χ3n) is 5.84. The second kappa shape index (κ2) is 8.92. The fraction of sp³-hybridized carbons (Fsp3) is 0.250. The van der Waals surface area contributed by atoms with E-state index in [0.29, 0.717) is 43.1 Å². The molecule has 0 spiro atoms. The molecule has 0 bridgehead atoms. The number of pyridine rings is 1. The summed E-state index contributed by atoms with van der Waals surface area (Å²) in [5.74, 6) is 0.667. The van der Waals surface area contributed by atoms with Gasteiger partial charge >= 0.3 is 0 Å². The van der Waals surface area contributed by atoms with Crippen molar-refractivity contribution in [1.82, 2.24) is 19.9 Å². The van der Waals surface area contributed by atoms with E-state index in [-0.39, 0.29) is 17.4 Å². The summed E-state index contributed by atoms with van der Waals surface area (Å²) >= 11 is 1.41. The highest BCUT2D eigenvalue weighted by atomic mass is 32.1. The zero-order chi connectivity index (χ0) is 21.9. The lowest BCUT2D eigenvalue weighted by molar-refractivity contribution is -0.125. The van der Waals surface area contributed by atoms with Crippen LogP contribution in [0.1, 0.15) is 18.4 Å². The number of para-hydroxylation sites is 1. The molecule has 1 N–H and O–H groups in total. The lowest BCUT2D eigenvalue weighted by Crippen LogP contribution is -2.42. The lowest BCUT2D eigenvalue weighted by atomic mass is 9.96. The van der Waals surface area contributed by atoms with Crippen molar-refractivity contribution in [3.8, 4) is 5.69 Å². The first-order valence-corrected chi connectivity index (χ1v) is 11.6. The van der Waals surface area contributed by atoms with Gasteiger partial charge in [-0.3, -0.25) is 14.6 Å². The maximum absolute atomic E-state index is 13.3. The first-order valence-electron chi connectivity index (χ1n) is 10.7. The number of amides is 1. The molecule has 1 aromatic carbocycles. The van der Waals surface area contributed by atoms with Gasteiger partial charge in [-0.15, -0.1) is 11.3 Å². The van der Waals surface area contributed by atoms with Crippen LogP contribution in [0.25, 0.3) is 15.9 Å². The van der Waals surface area contributed by atoms with Crippen molar-refractivity contribution in [3.05, 3.63) is 82.2 Å². The number of fused-ring (bicyclic) bond motifs is 1. The average molecular weight is 446 g/mol. The Balaban J connectivity index is 1.35. The Morgan fingerprint density at radius 3 is 2.56 bits per heavy atom. The number of nitrogens with zero attached hydrogens (tertiary/aromatic N) is 4. The van der Waals surface area contributed by atoms with E-state index in [1.165, 1.54) is 11.3 Å². The number of aromatic nitrogens is 3. The van der Waals surface area contributed by atoms with Crippen LogP contribution in [0.2, 0.25) is 0 Å². The van der Waals surface area contributed by atoms with E-state index in [0.717, 1.165) is 16.8 Å². The van der Waals surface area contributed by atoms with Crippen molar-refractivity contribution in [2.45, 2.75) is 19.4 Å². The van der Waals surface area contributed by atoms with Crippen molar-refractivity contribution >= 4 is 33.4 Å². The molecule has 1 saturated heterocycles. The normalized spacial score (nSPS) is 14.6. The SMILES string of the molecule is O=C(NCc1ccncc1)C1CCN(c2nc3ccsc3c(=O)n2-c2ccccc2)CC1. The molecule has 0 atom stereocenters. The molecule has 1 aliphatic rings. The Kier molecular flexibility index (Phi) is 5.68. The van der Waals surface area contributed by atoms with Crippen molar-refractivity contribution in [1.29, 1.82) is 0 Å². The molecule has 1 aliphatic heterocycles. The van der Waals surface area contributed by atoms with E-state index >= 15 is 0 Å². The van der Waals surface area contributed by atoms with E-state index in [1.54, 1.807) is 17.0 Å². The highest BCUT2D eigenvalue weighted by molar-refractivity contribution is 7.17. The second-order valence-electron chi connectivity index (χ2n) is 7.86. The van der Waals surface area contributed by atoms with Crippen LogP contribution in [0.5, 0.6) is 0 Å². The molecule has 4 aromatic rings. The highest BCUT2D eigenvalue weighted by Crippen LogP contribution is 2.26. The first-order chi connectivity index (χ1) is 15.7. The molecule has 4 heterocycles. The number of carbonyl (C=O) groups excluding carboxylic acids is 1. The maximum Gasteiger partial charge on any atom is 0.277 e. The van der Waals surface area contributed by atoms with Gasteiger partial charge in [-0.25, -0.2) is 9.55 Å². The fourth-order valence-corrected chi connectivity index (χ4v) is 4.86. The Hall–Kier alpha value is -3.52. The molecule has 162 valence electrons. The number of carbonyl (C=O) groups is 1. The number of rotatable bonds is 5. The minimum atomic E-state index is -0.0524. The molecule has 8 heteroatoms. The van der Waals surface area contributed by atoms with Crippen LogP contribution in [0.3, 0.4) is 0 Å². The van der Waals surface area contributed by atoms with Crippen LogP contribution >= 0.6 is 11.3 Å². The van der Waals surface area contributed by atoms with Crippen LogP contribution in [0, 0.1) is 5.92 Å². The molecule has 0 saturated carbocycles. The molecule has 0 radical (unpaired) electrons. The molecule has 5 rings (SSSR count). The molecule has 32 heavy (non-hydrogen) atoms. The predicted octanol–water partition coefficient (Wildman–Crippen LogP) is 3.38. The zero-order valence-electron chi connectivity index (χ0n) is 17.5. The van der Waals surface area contributed by atoms with Gasteiger partial charge in [-0.05, 0) is 54.1 Å². The number of thiophene rings is 1. The number of hydrogen-bond acceptors (Lipinski definition) is 6. The molecular weight excluding hydrogens is 422 g/mol. The Morgan fingerprint density at radius 2 is 1.81 bits per heavy atom. The van der Waals surface area contributed by atoms with Gasteiger partial charge in [0.2, 0.25) is 11.9 Å².